The third kappa shape index (κ3) is 7.14. The van der Waals surface area contributed by atoms with Crippen molar-refractivity contribution in [3.8, 4) is 0 Å². The van der Waals surface area contributed by atoms with Crippen LogP contribution < -0.4 is 5.84 Å². The van der Waals surface area contributed by atoms with E-state index in [1.807, 2.05) is 0 Å². The molecule has 0 spiro atoms. The minimum Gasteiger partial charge on any atom is -0.323 e. The molecule has 0 radical (unpaired) electrons. The molecule has 52 valence electrons. The minimum atomic E-state index is 0.604. The summed E-state index contributed by atoms with van der Waals surface area (Å²) in [4.78, 5) is 4.01. The molecule has 0 aliphatic carbocycles. The molecule has 0 fully saturated rings. The lowest BCUT2D eigenvalue weighted by Gasteiger charge is -1.93. The zero-order chi connectivity index (χ0) is 7.11. The van der Waals surface area contributed by atoms with Gasteiger partial charge in [-0.05, 0) is 5.92 Å². The van der Waals surface area contributed by atoms with Gasteiger partial charge in [-0.15, -0.1) is 0 Å². The van der Waals surface area contributed by atoms with Crippen molar-refractivity contribution in [1.29, 1.82) is 0 Å². The number of rotatable bonds is 3. The van der Waals surface area contributed by atoms with E-state index >= 15 is 0 Å². The Morgan fingerprint density at radius 2 is 2.11 bits per heavy atom. The summed E-state index contributed by atoms with van der Waals surface area (Å²) in [5.74, 6) is 5.43. The van der Waals surface area contributed by atoms with Crippen LogP contribution in [0.3, 0.4) is 0 Å². The maximum Gasteiger partial charge on any atom is 0.0644 e. The van der Waals surface area contributed by atoms with Crippen LogP contribution in [-0.2, 0) is 0 Å². The van der Waals surface area contributed by atoms with E-state index in [-0.39, 0.29) is 0 Å². The van der Waals surface area contributed by atoms with E-state index in [0.717, 1.165) is 6.54 Å². The van der Waals surface area contributed by atoms with Crippen LogP contribution in [0.2, 0.25) is 0 Å². The summed E-state index contributed by atoms with van der Waals surface area (Å²) in [6.45, 7) is 5.06. The molecule has 0 aromatic rings. The number of hydrogen-bond donors (Lipinski definition) is 1. The molecule has 0 aromatic carbocycles. The fourth-order valence-corrected chi connectivity index (χ4v) is 0.357. The average Bonchev–Trinajstić information content (AvgIpc) is 1.80. The second-order valence-electron chi connectivity index (χ2n) is 2.21. The van der Waals surface area contributed by atoms with Gasteiger partial charge >= 0.3 is 0 Å². The molecule has 0 aliphatic rings. The number of nitrogens with two attached hydrogens (primary N) is 1. The monoisotopic (exact) mass is 127 g/mol. The molecular formula is C6H13N3. The third-order valence-electron chi connectivity index (χ3n) is 0.729. The maximum atomic E-state index is 4.82. The Morgan fingerprint density at radius 3 is 2.56 bits per heavy atom. The normalized spacial score (nSPS) is 12.3. The van der Waals surface area contributed by atoms with Gasteiger partial charge in [-0.1, -0.05) is 13.8 Å². The highest BCUT2D eigenvalue weighted by Gasteiger charge is 1.85. The van der Waals surface area contributed by atoms with E-state index in [9.17, 15) is 0 Å². The van der Waals surface area contributed by atoms with Gasteiger partial charge in [-0.2, -0.15) is 5.10 Å². The van der Waals surface area contributed by atoms with Gasteiger partial charge in [0.05, 0.1) is 6.21 Å². The highest BCUT2D eigenvalue weighted by Crippen LogP contribution is 1.89. The molecule has 0 saturated heterocycles. The quantitative estimate of drug-likeness (QED) is 0.338. The van der Waals surface area contributed by atoms with Crippen LogP contribution >= 0.6 is 0 Å². The Labute approximate surface area is 55.7 Å². The van der Waals surface area contributed by atoms with Gasteiger partial charge < -0.3 is 5.84 Å². The van der Waals surface area contributed by atoms with E-state index in [1.54, 1.807) is 6.21 Å². The Hall–Kier alpha value is -0.860. The van der Waals surface area contributed by atoms with Crippen molar-refractivity contribution in [3.05, 3.63) is 0 Å². The molecule has 0 bridgehead atoms. The summed E-state index contributed by atoms with van der Waals surface area (Å²) in [6, 6.07) is 0. The lowest BCUT2D eigenvalue weighted by Crippen LogP contribution is -1.93. The van der Waals surface area contributed by atoms with Crippen molar-refractivity contribution in [3.63, 3.8) is 0 Å². The summed E-state index contributed by atoms with van der Waals surface area (Å²) in [5, 5.41) is 3.26. The molecule has 9 heavy (non-hydrogen) atoms. The highest BCUT2D eigenvalue weighted by atomic mass is 15.1. The van der Waals surface area contributed by atoms with Gasteiger partial charge in [0.1, 0.15) is 0 Å². The summed E-state index contributed by atoms with van der Waals surface area (Å²) in [6.07, 6.45) is 3.09. The van der Waals surface area contributed by atoms with Crippen molar-refractivity contribution < 1.29 is 0 Å². The first-order valence-electron chi connectivity index (χ1n) is 2.99. The predicted octanol–water partition coefficient (Wildman–Crippen LogP) is 0.658. The predicted molar refractivity (Wildman–Crippen MR) is 40.9 cm³/mol. The second-order valence-corrected chi connectivity index (χ2v) is 2.21. The smallest absolute Gasteiger partial charge is 0.0644 e. The standard InChI is InChI=1S/C6H13N3/c1-6(2)5-8-3-4-9-7/h3-4,6H,5,7H2,1-2H3. The zero-order valence-electron chi connectivity index (χ0n) is 5.91. The average molecular weight is 127 g/mol. The van der Waals surface area contributed by atoms with Crippen molar-refractivity contribution >= 4 is 12.4 Å². The van der Waals surface area contributed by atoms with Crippen LogP contribution in [0.15, 0.2) is 10.1 Å². The molecule has 0 atom stereocenters. The Kier molecular flexibility index (Phi) is 4.78. The van der Waals surface area contributed by atoms with E-state index in [0.29, 0.717) is 5.92 Å². The highest BCUT2D eigenvalue weighted by molar-refractivity contribution is 6.15. The van der Waals surface area contributed by atoms with Crippen molar-refractivity contribution in [2.75, 3.05) is 6.54 Å². The number of aliphatic imine (C=N–C) groups is 1. The first-order chi connectivity index (χ1) is 4.27. The molecule has 0 rings (SSSR count). The van der Waals surface area contributed by atoms with Crippen molar-refractivity contribution in [2.45, 2.75) is 13.8 Å². The van der Waals surface area contributed by atoms with Crippen LogP contribution in [0.1, 0.15) is 13.8 Å². The molecule has 0 aliphatic heterocycles. The zero-order valence-corrected chi connectivity index (χ0v) is 5.91. The van der Waals surface area contributed by atoms with Gasteiger partial charge in [0.25, 0.3) is 0 Å². The minimum absolute atomic E-state index is 0.604. The molecule has 0 aromatic heterocycles. The van der Waals surface area contributed by atoms with E-state index < -0.39 is 0 Å². The summed E-state index contributed by atoms with van der Waals surface area (Å²) in [7, 11) is 0. The molecule has 0 unspecified atom stereocenters. The second kappa shape index (κ2) is 5.28. The molecule has 0 amide bonds. The molecular weight excluding hydrogens is 114 g/mol. The lowest BCUT2D eigenvalue weighted by atomic mass is 10.2. The Bertz CT molecular complexity index is 105. The number of hydrogen-bond acceptors (Lipinski definition) is 3. The molecule has 0 saturated carbocycles. The van der Waals surface area contributed by atoms with Gasteiger partial charge in [-0.25, -0.2) is 0 Å². The summed E-state index contributed by atoms with van der Waals surface area (Å²) < 4.78 is 0. The Balaban J connectivity index is 3.25. The number of nitrogens with zero attached hydrogens (tertiary/aromatic N) is 2. The van der Waals surface area contributed by atoms with Gasteiger partial charge in [0, 0.05) is 12.8 Å². The fraction of sp³-hybridized carbons (Fsp3) is 0.667. The SMILES string of the molecule is CC(C)CN=CC=NN. The van der Waals surface area contributed by atoms with Gasteiger partial charge in [0.2, 0.25) is 0 Å². The Morgan fingerprint density at radius 1 is 1.44 bits per heavy atom. The summed E-state index contributed by atoms with van der Waals surface area (Å²) >= 11 is 0. The van der Waals surface area contributed by atoms with Crippen molar-refractivity contribution in [1.82, 2.24) is 0 Å². The summed E-state index contributed by atoms with van der Waals surface area (Å²) in [5.41, 5.74) is 0. The topological polar surface area (TPSA) is 50.7 Å². The fourth-order valence-electron chi connectivity index (χ4n) is 0.357. The number of hydrazone groups is 1. The first-order valence-corrected chi connectivity index (χ1v) is 2.99. The van der Waals surface area contributed by atoms with Gasteiger partial charge in [-0.3, -0.25) is 4.99 Å². The molecule has 0 heterocycles. The van der Waals surface area contributed by atoms with Crippen molar-refractivity contribution in [2.24, 2.45) is 21.9 Å². The van der Waals surface area contributed by atoms with Crippen LogP contribution in [0.5, 0.6) is 0 Å². The van der Waals surface area contributed by atoms with Crippen LogP contribution in [-0.4, -0.2) is 19.0 Å². The largest absolute Gasteiger partial charge is 0.323 e. The molecule has 3 nitrogen and oxygen atoms in total. The van der Waals surface area contributed by atoms with Crippen LogP contribution in [0, 0.1) is 5.92 Å². The lowest BCUT2D eigenvalue weighted by molar-refractivity contribution is 0.668. The maximum absolute atomic E-state index is 4.82. The van der Waals surface area contributed by atoms with Gasteiger partial charge in [0.15, 0.2) is 0 Å². The third-order valence-corrected chi connectivity index (χ3v) is 0.729. The molecule has 2 N–H and O–H groups in total. The van der Waals surface area contributed by atoms with E-state index in [4.69, 9.17) is 5.84 Å². The van der Waals surface area contributed by atoms with Crippen LogP contribution in [0.4, 0.5) is 0 Å². The van der Waals surface area contributed by atoms with E-state index in [2.05, 4.69) is 23.9 Å². The van der Waals surface area contributed by atoms with Crippen LogP contribution in [0.25, 0.3) is 0 Å². The molecule has 3 heteroatoms. The first kappa shape index (κ1) is 8.14. The van der Waals surface area contributed by atoms with E-state index in [1.165, 1.54) is 6.21 Å².